The van der Waals surface area contributed by atoms with Gasteiger partial charge in [-0.2, -0.15) is 5.26 Å². The summed E-state index contributed by atoms with van der Waals surface area (Å²) >= 11 is 0. The highest BCUT2D eigenvalue weighted by molar-refractivity contribution is 5.57. The Morgan fingerprint density at radius 3 is 2.65 bits per heavy atom. The topological polar surface area (TPSA) is 48.3 Å². The quantitative estimate of drug-likeness (QED) is 0.741. The summed E-state index contributed by atoms with van der Waals surface area (Å²) in [6.45, 7) is 2.89. The molecule has 0 spiro atoms. The maximum Gasteiger partial charge on any atom is 0.142 e. The van der Waals surface area contributed by atoms with Crippen molar-refractivity contribution in [3.63, 3.8) is 0 Å². The van der Waals surface area contributed by atoms with E-state index < -0.39 is 5.54 Å². The van der Waals surface area contributed by atoms with Gasteiger partial charge in [0.15, 0.2) is 0 Å². The highest BCUT2D eigenvalue weighted by atomic mass is 16.5. The van der Waals surface area contributed by atoms with Gasteiger partial charge in [-0.25, -0.2) is 0 Å². The van der Waals surface area contributed by atoms with E-state index in [1.807, 2.05) is 32.2 Å². The Balaban J connectivity index is 2.45. The number of benzene rings is 1. The number of nitrogens with one attached hydrogen (secondary N) is 1. The number of rotatable bonds is 8. The van der Waals surface area contributed by atoms with Crippen molar-refractivity contribution in [3.8, 4) is 11.8 Å². The molecule has 0 saturated carbocycles. The zero-order valence-corrected chi connectivity index (χ0v) is 12.9. The highest BCUT2D eigenvalue weighted by Gasteiger charge is 2.20. The van der Waals surface area contributed by atoms with Crippen LogP contribution in [0.15, 0.2) is 24.3 Å². The van der Waals surface area contributed by atoms with Gasteiger partial charge in [0.25, 0.3) is 0 Å². The summed E-state index contributed by atoms with van der Waals surface area (Å²) in [5.74, 6) is 0.895. The molecule has 0 saturated heterocycles. The number of nitriles is 1. The second kappa shape index (κ2) is 7.76. The lowest BCUT2D eigenvalue weighted by Gasteiger charge is -2.23. The van der Waals surface area contributed by atoms with Gasteiger partial charge in [-0.3, -0.25) is 0 Å². The normalized spacial score (nSPS) is 13.3. The average Bonchev–Trinajstić information content (AvgIpc) is 2.51. The van der Waals surface area contributed by atoms with E-state index in [1.54, 1.807) is 7.11 Å². The molecule has 4 heteroatoms. The van der Waals surface area contributed by atoms with Gasteiger partial charge >= 0.3 is 0 Å². The van der Waals surface area contributed by atoms with E-state index in [2.05, 4.69) is 29.4 Å². The zero-order valence-electron chi connectivity index (χ0n) is 12.9. The van der Waals surface area contributed by atoms with E-state index >= 15 is 0 Å². The van der Waals surface area contributed by atoms with Crippen LogP contribution in [-0.4, -0.2) is 33.3 Å². The molecule has 1 aromatic carbocycles. The van der Waals surface area contributed by atoms with E-state index in [9.17, 15) is 0 Å². The third-order valence-electron chi connectivity index (χ3n) is 3.72. The molecule has 0 bridgehead atoms. The van der Waals surface area contributed by atoms with Crippen molar-refractivity contribution in [2.24, 2.45) is 0 Å². The lowest BCUT2D eigenvalue weighted by molar-refractivity contribution is 0.413. The van der Waals surface area contributed by atoms with Gasteiger partial charge < -0.3 is 15.0 Å². The van der Waals surface area contributed by atoms with Crippen LogP contribution in [0, 0.1) is 11.3 Å². The fourth-order valence-corrected chi connectivity index (χ4v) is 2.13. The molecule has 1 N–H and O–H groups in total. The Morgan fingerprint density at radius 2 is 2.05 bits per heavy atom. The minimum absolute atomic E-state index is 0.414. The molecule has 20 heavy (non-hydrogen) atoms. The minimum Gasteiger partial charge on any atom is -0.495 e. The third-order valence-corrected chi connectivity index (χ3v) is 3.72. The highest BCUT2D eigenvalue weighted by Crippen LogP contribution is 2.26. The Morgan fingerprint density at radius 1 is 1.35 bits per heavy atom. The summed E-state index contributed by atoms with van der Waals surface area (Å²) in [5.41, 5.74) is 0.690. The first-order valence-electron chi connectivity index (χ1n) is 7.00. The largest absolute Gasteiger partial charge is 0.495 e. The van der Waals surface area contributed by atoms with Crippen LogP contribution in [0.4, 0.5) is 5.69 Å². The van der Waals surface area contributed by atoms with Crippen molar-refractivity contribution in [1.29, 1.82) is 5.26 Å². The van der Waals surface area contributed by atoms with Crippen molar-refractivity contribution in [2.45, 2.75) is 31.7 Å². The number of unbranched alkanes of at least 4 members (excludes halogenated alkanes) is 1. The molecule has 4 nitrogen and oxygen atoms in total. The average molecular weight is 275 g/mol. The smallest absolute Gasteiger partial charge is 0.142 e. The zero-order chi connectivity index (χ0) is 15.0. The summed E-state index contributed by atoms with van der Waals surface area (Å²) in [4.78, 5) is 2.20. The number of ether oxygens (including phenoxy) is 1. The number of methoxy groups -OCH3 is 1. The predicted octanol–water partition coefficient (Wildman–Crippen LogP) is 2.80. The van der Waals surface area contributed by atoms with Crippen LogP contribution >= 0.6 is 0 Å². The first-order chi connectivity index (χ1) is 9.56. The van der Waals surface area contributed by atoms with Crippen LogP contribution in [0.3, 0.4) is 0 Å². The summed E-state index contributed by atoms with van der Waals surface area (Å²) in [6.07, 6.45) is 2.93. The van der Waals surface area contributed by atoms with Gasteiger partial charge in [-0.05, 0) is 45.4 Å². The number of hydrogen-bond donors (Lipinski definition) is 1. The lowest BCUT2D eigenvalue weighted by Crippen LogP contribution is -2.38. The van der Waals surface area contributed by atoms with E-state index in [0.29, 0.717) is 0 Å². The fourth-order valence-electron chi connectivity index (χ4n) is 2.13. The molecule has 1 aromatic rings. The first-order valence-corrected chi connectivity index (χ1v) is 7.00. The minimum atomic E-state index is -0.414. The van der Waals surface area contributed by atoms with Crippen LogP contribution in [0.5, 0.6) is 5.75 Å². The maximum absolute atomic E-state index is 9.10. The van der Waals surface area contributed by atoms with E-state index in [-0.39, 0.29) is 0 Å². The summed E-state index contributed by atoms with van der Waals surface area (Å²) in [5, 5.41) is 12.2. The molecule has 0 aromatic heterocycles. The Kier molecular flexibility index (Phi) is 6.33. The number of anilines is 1. The van der Waals surface area contributed by atoms with Crippen LogP contribution in [0.25, 0.3) is 0 Å². The second-order valence-corrected chi connectivity index (χ2v) is 5.24. The predicted molar refractivity (Wildman–Crippen MR) is 83.2 cm³/mol. The van der Waals surface area contributed by atoms with Crippen molar-refractivity contribution < 1.29 is 4.74 Å². The molecule has 0 heterocycles. The molecule has 0 aliphatic carbocycles. The molecule has 0 fully saturated rings. The standard InChI is InChI=1S/C16H25N3O/c1-16(13-17,18-2)11-7-8-12-19(3)14-9-5-6-10-15(14)20-4/h5-6,9-10,18H,7-8,11-12H2,1-4H3. The SMILES string of the molecule is CNC(C)(C#N)CCCCN(C)c1ccccc1OC. The lowest BCUT2D eigenvalue weighted by atomic mass is 9.97. The Hall–Kier alpha value is -1.73. The molecule has 1 unspecified atom stereocenters. The summed E-state index contributed by atoms with van der Waals surface area (Å²) in [7, 11) is 5.60. The van der Waals surface area contributed by atoms with Gasteiger partial charge in [-0.1, -0.05) is 12.1 Å². The first kappa shape index (κ1) is 16.3. The van der Waals surface area contributed by atoms with Gasteiger partial charge in [-0.15, -0.1) is 0 Å². The van der Waals surface area contributed by atoms with Crippen molar-refractivity contribution >= 4 is 5.69 Å². The van der Waals surface area contributed by atoms with E-state index in [4.69, 9.17) is 10.00 Å². The molecular formula is C16H25N3O. The van der Waals surface area contributed by atoms with Gasteiger partial charge in [0.05, 0.1) is 18.9 Å². The second-order valence-electron chi connectivity index (χ2n) is 5.24. The molecule has 0 aliphatic heterocycles. The number of para-hydroxylation sites is 2. The maximum atomic E-state index is 9.10. The van der Waals surface area contributed by atoms with E-state index in [0.717, 1.165) is 37.2 Å². The van der Waals surface area contributed by atoms with Crippen molar-refractivity contribution in [3.05, 3.63) is 24.3 Å². The van der Waals surface area contributed by atoms with Crippen LogP contribution < -0.4 is 15.0 Å². The molecule has 1 atom stereocenters. The van der Waals surface area contributed by atoms with E-state index in [1.165, 1.54) is 0 Å². The molecule has 1 rings (SSSR count). The Labute approximate surface area is 122 Å². The van der Waals surface area contributed by atoms with Gasteiger partial charge in [0, 0.05) is 13.6 Å². The van der Waals surface area contributed by atoms with Gasteiger partial charge in [0.2, 0.25) is 0 Å². The monoisotopic (exact) mass is 275 g/mol. The van der Waals surface area contributed by atoms with Gasteiger partial charge in [0.1, 0.15) is 11.3 Å². The molecule has 0 amide bonds. The summed E-state index contributed by atoms with van der Waals surface area (Å²) < 4.78 is 5.37. The van der Waals surface area contributed by atoms with Crippen molar-refractivity contribution in [2.75, 3.05) is 32.6 Å². The molecular weight excluding hydrogens is 250 g/mol. The molecule has 0 radical (unpaired) electrons. The fraction of sp³-hybridized carbons (Fsp3) is 0.562. The van der Waals surface area contributed by atoms with Crippen LogP contribution in [0.2, 0.25) is 0 Å². The number of hydrogen-bond acceptors (Lipinski definition) is 4. The van der Waals surface area contributed by atoms with Crippen LogP contribution in [0.1, 0.15) is 26.2 Å². The van der Waals surface area contributed by atoms with Crippen molar-refractivity contribution in [1.82, 2.24) is 5.32 Å². The Bertz CT molecular complexity index is 455. The van der Waals surface area contributed by atoms with Crippen LogP contribution in [-0.2, 0) is 0 Å². The molecule has 0 aliphatic rings. The molecule has 110 valence electrons. The summed E-state index contributed by atoms with van der Waals surface area (Å²) in [6, 6.07) is 10.3. The third kappa shape index (κ3) is 4.43. The number of nitrogens with zero attached hydrogens (tertiary/aromatic N) is 2.